The van der Waals surface area contributed by atoms with Crippen molar-refractivity contribution in [3.63, 3.8) is 0 Å². The Morgan fingerprint density at radius 2 is 2.31 bits per heavy atom. The summed E-state index contributed by atoms with van der Waals surface area (Å²) in [6, 6.07) is 4.93. The summed E-state index contributed by atoms with van der Waals surface area (Å²) in [7, 11) is 0. The third kappa shape index (κ3) is 2.13. The third-order valence-electron chi connectivity index (χ3n) is 1.47. The molecule has 1 aromatic carbocycles. The molecule has 1 aromatic rings. The lowest BCUT2D eigenvalue weighted by Gasteiger charge is -2.06. The van der Waals surface area contributed by atoms with Crippen molar-refractivity contribution >= 4 is 15.9 Å². The van der Waals surface area contributed by atoms with E-state index in [9.17, 15) is 5.11 Å². The van der Waals surface area contributed by atoms with Gasteiger partial charge < -0.3 is 9.84 Å². The van der Waals surface area contributed by atoms with E-state index in [1.54, 1.807) is 0 Å². The lowest BCUT2D eigenvalue weighted by atomic mass is 10.2. The SMILES string of the molecule is CCOc1cc(C#N)c(Br)cc1O. The van der Waals surface area contributed by atoms with Gasteiger partial charge in [-0.15, -0.1) is 0 Å². The average molecular weight is 242 g/mol. The Morgan fingerprint density at radius 1 is 1.62 bits per heavy atom. The van der Waals surface area contributed by atoms with Gasteiger partial charge in [0, 0.05) is 10.5 Å². The standard InChI is InChI=1S/C9H8BrNO2/c1-2-13-9-3-6(5-11)7(10)4-8(9)12/h3-4,12H,2H2,1H3. The summed E-state index contributed by atoms with van der Waals surface area (Å²) < 4.78 is 5.68. The van der Waals surface area contributed by atoms with Crippen LogP contribution in [0.15, 0.2) is 16.6 Å². The van der Waals surface area contributed by atoms with E-state index in [4.69, 9.17) is 10.00 Å². The molecule has 0 unspecified atom stereocenters. The molecule has 0 aliphatic heterocycles. The number of rotatable bonds is 2. The zero-order valence-corrected chi connectivity index (χ0v) is 8.63. The molecule has 0 bridgehead atoms. The Hall–Kier alpha value is -1.21. The van der Waals surface area contributed by atoms with E-state index in [0.29, 0.717) is 22.4 Å². The fraction of sp³-hybridized carbons (Fsp3) is 0.222. The molecule has 68 valence electrons. The topological polar surface area (TPSA) is 53.2 Å². The Labute approximate surface area is 84.7 Å². The molecule has 0 saturated heterocycles. The fourth-order valence-electron chi connectivity index (χ4n) is 0.900. The lowest BCUT2D eigenvalue weighted by Crippen LogP contribution is -1.92. The summed E-state index contributed by atoms with van der Waals surface area (Å²) in [6.45, 7) is 2.27. The molecule has 1 N–H and O–H groups in total. The third-order valence-corrected chi connectivity index (χ3v) is 2.13. The van der Waals surface area contributed by atoms with Crippen molar-refractivity contribution in [2.24, 2.45) is 0 Å². The second-order valence-electron chi connectivity index (χ2n) is 2.34. The highest BCUT2D eigenvalue weighted by atomic mass is 79.9. The van der Waals surface area contributed by atoms with Crippen LogP contribution in [0.25, 0.3) is 0 Å². The first-order valence-electron chi connectivity index (χ1n) is 3.74. The maximum absolute atomic E-state index is 9.38. The molecule has 0 amide bonds. The second kappa shape index (κ2) is 4.15. The normalized spacial score (nSPS) is 9.31. The first kappa shape index (κ1) is 9.87. The van der Waals surface area contributed by atoms with Gasteiger partial charge in [0.05, 0.1) is 12.2 Å². The minimum absolute atomic E-state index is 0.0349. The summed E-state index contributed by atoms with van der Waals surface area (Å²) in [4.78, 5) is 0. The van der Waals surface area contributed by atoms with Gasteiger partial charge in [0.2, 0.25) is 0 Å². The Morgan fingerprint density at radius 3 is 2.85 bits per heavy atom. The molecular formula is C9H8BrNO2. The number of halogens is 1. The fourth-order valence-corrected chi connectivity index (χ4v) is 1.32. The molecule has 0 atom stereocenters. The number of benzene rings is 1. The van der Waals surface area contributed by atoms with E-state index in [-0.39, 0.29) is 5.75 Å². The van der Waals surface area contributed by atoms with Crippen molar-refractivity contribution < 1.29 is 9.84 Å². The minimum Gasteiger partial charge on any atom is -0.504 e. The maximum Gasteiger partial charge on any atom is 0.162 e. The average Bonchev–Trinajstić information content (AvgIpc) is 2.10. The number of nitriles is 1. The van der Waals surface area contributed by atoms with Gasteiger partial charge in [-0.25, -0.2) is 0 Å². The Kier molecular flexibility index (Phi) is 3.15. The van der Waals surface area contributed by atoms with E-state index in [2.05, 4.69) is 15.9 Å². The molecule has 1 rings (SSSR count). The highest BCUT2D eigenvalue weighted by Gasteiger charge is 2.07. The molecule has 0 aromatic heterocycles. The Balaban J connectivity index is 3.16. The predicted molar refractivity (Wildman–Crippen MR) is 51.7 cm³/mol. The van der Waals surface area contributed by atoms with Crippen molar-refractivity contribution in [1.82, 2.24) is 0 Å². The first-order chi connectivity index (χ1) is 6.19. The van der Waals surface area contributed by atoms with Crippen molar-refractivity contribution in [1.29, 1.82) is 5.26 Å². The van der Waals surface area contributed by atoms with Crippen molar-refractivity contribution in [2.45, 2.75) is 6.92 Å². The van der Waals surface area contributed by atoms with Crippen LogP contribution in [0.5, 0.6) is 11.5 Å². The van der Waals surface area contributed by atoms with Crippen LogP contribution >= 0.6 is 15.9 Å². The quantitative estimate of drug-likeness (QED) is 0.866. The van der Waals surface area contributed by atoms with Gasteiger partial charge in [-0.05, 0) is 28.9 Å². The zero-order valence-electron chi connectivity index (χ0n) is 7.04. The van der Waals surface area contributed by atoms with E-state index in [0.717, 1.165) is 0 Å². The van der Waals surface area contributed by atoms with Gasteiger partial charge in [0.1, 0.15) is 6.07 Å². The molecule has 0 heterocycles. The molecule has 0 spiro atoms. The number of aromatic hydroxyl groups is 1. The Bertz CT molecular complexity index is 357. The van der Waals surface area contributed by atoms with Gasteiger partial charge in [-0.1, -0.05) is 0 Å². The monoisotopic (exact) mass is 241 g/mol. The van der Waals surface area contributed by atoms with Crippen LogP contribution in [0, 0.1) is 11.3 Å². The number of phenols is 1. The maximum atomic E-state index is 9.38. The van der Waals surface area contributed by atoms with Crippen LogP contribution in [0.1, 0.15) is 12.5 Å². The van der Waals surface area contributed by atoms with E-state index >= 15 is 0 Å². The largest absolute Gasteiger partial charge is 0.504 e. The highest BCUT2D eigenvalue weighted by Crippen LogP contribution is 2.32. The van der Waals surface area contributed by atoms with Crippen LogP contribution in [0.2, 0.25) is 0 Å². The number of nitrogens with zero attached hydrogens (tertiary/aromatic N) is 1. The summed E-state index contributed by atoms with van der Waals surface area (Å²) in [5.41, 5.74) is 0.446. The van der Waals surface area contributed by atoms with Gasteiger partial charge in [0.15, 0.2) is 11.5 Å². The summed E-state index contributed by atoms with van der Waals surface area (Å²) in [5, 5.41) is 18.1. The van der Waals surface area contributed by atoms with Gasteiger partial charge in [-0.3, -0.25) is 0 Å². The summed E-state index contributed by atoms with van der Waals surface area (Å²) in [6.07, 6.45) is 0. The van der Waals surface area contributed by atoms with E-state index in [1.165, 1.54) is 12.1 Å². The summed E-state index contributed by atoms with van der Waals surface area (Å²) >= 11 is 3.15. The lowest BCUT2D eigenvalue weighted by molar-refractivity contribution is 0.318. The van der Waals surface area contributed by atoms with Crippen LogP contribution in [-0.2, 0) is 0 Å². The number of ether oxygens (including phenoxy) is 1. The molecule has 0 aliphatic rings. The zero-order chi connectivity index (χ0) is 9.84. The smallest absolute Gasteiger partial charge is 0.162 e. The van der Waals surface area contributed by atoms with Crippen molar-refractivity contribution in [2.75, 3.05) is 6.61 Å². The molecule has 0 radical (unpaired) electrons. The van der Waals surface area contributed by atoms with Crippen LogP contribution in [-0.4, -0.2) is 11.7 Å². The van der Waals surface area contributed by atoms with Gasteiger partial charge in [-0.2, -0.15) is 5.26 Å². The van der Waals surface area contributed by atoms with Crippen LogP contribution < -0.4 is 4.74 Å². The van der Waals surface area contributed by atoms with Crippen LogP contribution in [0.3, 0.4) is 0 Å². The van der Waals surface area contributed by atoms with E-state index < -0.39 is 0 Å². The van der Waals surface area contributed by atoms with E-state index in [1.807, 2.05) is 13.0 Å². The minimum atomic E-state index is 0.0349. The molecule has 0 saturated carbocycles. The highest BCUT2D eigenvalue weighted by molar-refractivity contribution is 9.10. The summed E-state index contributed by atoms with van der Waals surface area (Å²) in [5.74, 6) is 0.370. The van der Waals surface area contributed by atoms with Gasteiger partial charge in [0.25, 0.3) is 0 Å². The van der Waals surface area contributed by atoms with Crippen molar-refractivity contribution in [3.8, 4) is 17.6 Å². The molecule has 4 heteroatoms. The van der Waals surface area contributed by atoms with Crippen LogP contribution in [0.4, 0.5) is 0 Å². The molecule has 0 fully saturated rings. The molecule has 0 aliphatic carbocycles. The molecular weight excluding hydrogens is 234 g/mol. The number of phenolic OH excluding ortho intramolecular Hbond substituents is 1. The number of hydrogen-bond donors (Lipinski definition) is 1. The molecule has 3 nitrogen and oxygen atoms in total. The van der Waals surface area contributed by atoms with Crippen molar-refractivity contribution in [3.05, 3.63) is 22.2 Å². The van der Waals surface area contributed by atoms with Gasteiger partial charge >= 0.3 is 0 Å². The predicted octanol–water partition coefficient (Wildman–Crippen LogP) is 2.43. The first-order valence-corrected chi connectivity index (χ1v) is 4.53. The number of hydrogen-bond acceptors (Lipinski definition) is 3. The molecule has 13 heavy (non-hydrogen) atoms. The second-order valence-corrected chi connectivity index (χ2v) is 3.20.